The molecule has 0 bridgehead atoms. The van der Waals surface area contributed by atoms with Crippen molar-refractivity contribution in [2.45, 2.75) is 20.3 Å². The van der Waals surface area contributed by atoms with Crippen LogP contribution in [0.1, 0.15) is 20.3 Å². The fourth-order valence-corrected chi connectivity index (χ4v) is 1.08. The Bertz CT molecular complexity index is 200. The number of hydrazone groups is 1. The molecule has 0 aromatic heterocycles. The Morgan fingerprint density at radius 1 is 1.54 bits per heavy atom. The van der Waals surface area contributed by atoms with Gasteiger partial charge in [0.05, 0.1) is 0 Å². The van der Waals surface area contributed by atoms with Gasteiger partial charge in [-0.05, 0) is 5.92 Å². The molecule has 1 amide bonds. The Morgan fingerprint density at radius 3 is 2.38 bits per heavy atom. The molecule has 0 heterocycles. The van der Waals surface area contributed by atoms with E-state index in [9.17, 15) is 4.79 Å². The number of nitrogens with zero attached hydrogens (tertiary/aromatic N) is 1. The molecular formula is C8H18N4O. The topological polar surface area (TPSA) is 93.5 Å². The van der Waals surface area contributed by atoms with Crippen LogP contribution in [0.5, 0.6) is 0 Å². The van der Waals surface area contributed by atoms with Crippen LogP contribution >= 0.6 is 0 Å². The zero-order chi connectivity index (χ0) is 10.4. The van der Waals surface area contributed by atoms with Crippen LogP contribution in [-0.2, 0) is 4.79 Å². The molecule has 0 spiro atoms. The van der Waals surface area contributed by atoms with Gasteiger partial charge in [0.25, 0.3) is 0 Å². The summed E-state index contributed by atoms with van der Waals surface area (Å²) in [6, 6.07) is 0. The van der Waals surface area contributed by atoms with Gasteiger partial charge in [-0.25, -0.2) is 0 Å². The van der Waals surface area contributed by atoms with Crippen molar-refractivity contribution < 1.29 is 4.79 Å². The third kappa shape index (κ3) is 3.78. The number of rotatable bonds is 4. The predicted molar refractivity (Wildman–Crippen MR) is 52.8 cm³/mol. The normalized spacial score (nSPS) is 14.3. The van der Waals surface area contributed by atoms with Crippen LogP contribution in [0.15, 0.2) is 5.10 Å². The van der Waals surface area contributed by atoms with E-state index in [1.165, 1.54) is 0 Å². The van der Waals surface area contributed by atoms with Crippen LogP contribution in [0.4, 0.5) is 0 Å². The quantitative estimate of drug-likeness (QED) is 0.242. The second kappa shape index (κ2) is 5.40. The number of hydrogen-bond donors (Lipinski definition) is 3. The average Bonchev–Trinajstić information content (AvgIpc) is 2.11. The predicted octanol–water partition coefficient (Wildman–Crippen LogP) is -0.374. The molecule has 5 N–H and O–H groups in total. The molecule has 0 radical (unpaired) electrons. The van der Waals surface area contributed by atoms with Crippen molar-refractivity contribution in [2.75, 3.05) is 7.05 Å². The highest BCUT2D eigenvalue weighted by molar-refractivity contribution is 5.88. The van der Waals surface area contributed by atoms with Crippen LogP contribution in [0.2, 0.25) is 0 Å². The third-order valence-corrected chi connectivity index (χ3v) is 2.02. The summed E-state index contributed by atoms with van der Waals surface area (Å²) in [7, 11) is 1.59. The summed E-state index contributed by atoms with van der Waals surface area (Å²) in [5.74, 6) is 5.52. The Balaban J connectivity index is 4.36. The lowest BCUT2D eigenvalue weighted by Crippen LogP contribution is -2.33. The van der Waals surface area contributed by atoms with Gasteiger partial charge in [-0.3, -0.25) is 4.79 Å². The molecule has 0 aromatic rings. The van der Waals surface area contributed by atoms with Gasteiger partial charge < -0.3 is 16.9 Å². The summed E-state index contributed by atoms with van der Waals surface area (Å²) < 4.78 is 0. The lowest BCUT2D eigenvalue weighted by molar-refractivity contribution is -0.121. The van der Waals surface area contributed by atoms with E-state index in [0.29, 0.717) is 12.3 Å². The van der Waals surface area contributed by atoms with Gasteiger partial charge >= 0.3 is 0 Å². The number of carbonyl (C=O) groups excluding carboxylic acids is 1. The second-order valence-corrected chi connectivity index (χ2v) is 3.28. The molecular weight excluding hydrogens is 168 g/mol. The molecule has 1 atom stereocenters. The molecule has 0 saturated carbocycles. The molecule has 0 saturated heterocycles. The zero-order valence-corrected chi connectivity index (χ0v) is 8.37. The third-order valence-electron chi connectivity index (χ3n) is 2.02. The van der Waals surface area contributed by atoms with Gasteiger partial charge in [-0.15, -0.1) is 0 Å². The van der Waals surface area contributed by atoms with Gasteiger partial charge in [0.1, 0.15) is 5.84 Å². The Morgan fingerprint density at radius 2 is 2.08 bits per heavy atom. The van der Waals surface area contributed by atoms with Crippen LogP contribution in [0.3, 0.4) is 0 Å². The van der Waals surface area contributed by atoms with Crippen LogP contribution in [0, 0.1) is 11.8 Å². The molecule has 13 heavy (non-hydrogen) atoms. The summed E-state index contributed by atoms with van der Waals surface area (Å²) in [5.41, 5.74) is 5.57. The molecule has 5 heteroatoms. The number of nitrogens with two attached hydrogens (primary N) is 2. The maximum atomic E-state index is 11.1. The lowest BCUT2D eigenvalue weighted by atomic mass is 9.91. The number of nitrogens with one attached hydrogen (secondary N) is 1. The highest BCUT2D eigenvalue weighted by Gasteiger charge is 2.20. The molecule has 0 aliphatic carbocycles. The number of amides is 1. The molecule has 0 rings (SSSR count). The van der Waals surface area contributed by atoms with E-state index in [0.717, 1.165) is 0 Å². The lowest BCUT2D eigenvalue weighted by Gasteiger charge is -2.18. The van der Waals surface area contributed by atoms with E-state index in [1.807, 2.05) is 13.8 Å². The maximum Gasteiger partial charge on any atom is 0.220 e. The summed E-state index contributed by atoms with van der Waals surface area (Å²) in [6.07, 6.45) is 0.334. The summed E-state index contributed by atoms with van der Waals surface area (Å²) in [6.45, 7) is 3.96. The van der Waals surface area contributed by atoms with E-state index in [1.54, 1.807) is 7.05 Å². The first-order valence-corrected chi connectivity index (χ1v) is 4.26. The Hall–Kier alpha value is -1.26. The van der Waals surface area contributed by atoms with Gasteiger partial charge in [-0.1, -0.05) is 13.8 Å². The van der Waals surface area contributed by atoms with Crippen LogP contribution < -0.4 is 16.9 Å². The first-order valence-electron chi connectivity index (χ1n) is 4.26. The van der Waals surface area contributed by atoms with Crippen molar-refractivity contribution in [3.63, 3.8) is 0 Å². The SMILES string of the molecule is CNC(=O)CC(/C(N)=N/N)C(C)C. The molecule has 0 aliphatic heterocycles. The average molecular weight is 186 g/mol. The van der Waals surface area contributed by atoms with Crippen molar-refractivity contribution in [3.05, 3.63) is 0 Å². The molecule has 5 nitrogen and oxygen atoms in total. The van der Waals surface area contributed by atoms with E-state index in [2.05, 4.69) is 10.4 Å². The molecule has 0 fully saturated rings. The minimum atomic E-state index is -0.0788. The van der Waals surface area contributed by atoms with Crippen molar-refractivity contribution in [2.24, 2.45) is 28.5 Å². The van der Waals surface area contributed by atoms with Crippen molar-refractivity contribution in [3.8, 4) is 0 Å². The number of hydrogen-bond acceptors (Lipinski definition) is 3. The van der Waals surface area contributed by atoms with Gasteiger partial charge in [0.2, 0.25) is 5.91 Å². The second-order valence-electron chi connectivity index (χ2n) is 3.28. The molecule has 0 aliphatic rings. The maximum absolute atomic E-state index is 11.1. The molecule has 1 unspecified atom stereocenters. The van der Waals surface area contributed by atoms with Crippen molar-refractivity contribution >= 4 is 11.7 Å². The zero-order valence-electron chi connectivity index (χ0n) is 8.37. The minimum Gasteiger partial charge on any atom is -0.385 e. The van der Waals surface area contributed by atoms with Gasteiger partial charge in [0, 0.05) is 19.4 Å². The Labute approximate surface area is 78.6 Å². The summed E-state index contributed by atoms with van der Waals surface area (Å²) in [4.78, 5) is 11.1. The van der Waals surface area contributed by atoms with E-state index >= 15 is 0 Å². The van der Waals surface area contributed by atoms with Crippen molar-refractivity contribution in [1.29, 1.82) is 0 Å². The molecule has 0 aromatic carbocycles. The highest BCUT2D eigenvalue weighted by Crippen LogP contribution is 2.14. The van der Waals surface area contributed by atoms with E-state index in [-0.39, 0.29) is 17.7 Å². The van der Waals surface area contributed by atoms with E-state index < -0.39 is 0 Å². The number of carbonyl (C=O) groups is 1. The van der Waals surface area contributed by atoms with Gasteiger partial charge in [-0.2, -0.15) is 5.10 Å². The first-order chi connectivity index (χ1) is 6.02. The summed E-state index contributed by atoms with van der Waals surface area (Å²) in [5, 5.41) is 5.95. The standard InChI is InChI=1S/C8H18N4O/c1-5(2)6(8(9)12-10)4-7(13)11-3/h5-6H,4,10H2,1-3H3,(H2,9,12)(H,11,13). The minimum absolute atomic E-state index is 0.0506. The summed E-state index contributed by atoms with van der Waals surface area (Å²) >= 11 is 0. The fraction of sp³-hybridized carbons (Fsp3) is 0.750. The van der Waals surface area contributed by atoms with E-state index in [4.69, 9.17) is 11.6 Å². The first kappa shape index (κ1) is 11.7. The highest BCUT2D eigenvalue weighted by atomic mass is 16.1. The van der Waals surface area contributed by atoms with Crippen LogP contribution in [-0.4, -0.2) is 18.8 Å². The van der Waals surface area contributed by atoms with Crippen molar-refractivity contribution in [1.82, 2.24) is 5.32 Å². The smallest absolute Gasteiger partial charge is 0.220 e. The Kier molecular flexibility index (Phi) is 4.87. The monoisotopic (exact) mass is 186 g/mol. The van der Waals surface area contributed by atoms with Crippen LogP contribution in [0.25, 0.3) is 0 Å². The molecule has 76 valence electrons. The van der Waals surface area contributed by atoms with Gasteiger partial charge in [0.15, 0.2) is 0 Å². The fourth-order valence-electron chi connectivity index (χ4n) is 1.08. The largest absolute Gasteiger partial charge is 0.385 e. The number of amidine groups is 1.